The highest BCUT2D eigenvalue weighted by atomic mass is 16.6. The number of piperidine rings is 1. The lowest BCUT2D eigenvalue weighted by molar-refractivity contribution is -0.0723. The summed E-state index contributed by atoms with van der Waals surface area (Å²) in [4.78, 5) is 15.4. The summed E-state index contributed by atoms with van der Waals surface area (Å²) in [6.45, 7) is 8.25. The van der Waals surface area contributed by atoms with Crippen molar-refractivity contribution >= 4 is 6.09 Å². The van der Waals surface area contributed by atoms with E-state index in [2.05, 4.69) is 20.8 Å². The summed E-state index contributed by atoms with van der Waals surface area (Å²) in [7, 11) is 0. The molecule has 2 saturated heterocycles. The van der Waals surface area contributed by atoms with E-state index in [1.54, 1.807) is 5.57 Å². The third kappa shape index (κ3) is 4.20. The standard InChI is InChI=1S/C34H47NO4/c1-21-15-31-30(35(19-21)32(37)38-20-23-7-5-4-6-8-23)18-34(39-31)14-12-26-27-10-9-24-16-25(36)11-13-33(24,3)29(27)17-28(26)22(34)2/h4-8,21,24-27,29-31,36H,9-20H2,1-3H3/t21?,24?,25?,26?,27?,29?,30-,31?,33?,34+/m0/s1. The highest BCUT2D eigenvalue weighted by Crippen LogP contribution is 2.66. The van der Waals surface area contributed by atoms with Crippen molar-refractivity contribution in [3.05, 3.63) is 47.0 Å². The number of hydrogen-bond donors (Lipinski definition) is 1. The lowest BCUT2D eigenvalue weighted by atomic mass is 9.52. The number of fused-ring (bicyclic) bond motifs is 6. The van der Waals surface area contributed by atoms with Crippen LogP contribution < -0.4 is 0 Å². The molecule has 1 amide bonds. The molecule has 2 aliphatic heterocycles. The Morgan fingerprint density at radius 1 is 1.13 bits per heavy atom. The van der Waals surface area contributed by atoms with Crippen molar-refractivity contribution in [1.82, 2.24) is 4.90 Å². The van der Waals surface area contributed by atoms with Crippen LogP contribution >= 0.6 is 0 Å². The Bertz CT molecular complexity index is 1130. The summed E-state index contributed by atoms with van der Waals surface area (Å²) in [6.07, 6.45) is 11.1. The first-order chi connectivity index (χ1) is 18.8. The Hall–Kier alpha value is -1.85. The largest absolute Gasteiger partial charge is 0.445 e. The molecular weight excluding hydrogens is 486 g/mol. The van der Waals surface area contributed by atoms with Gasteiger partial charge in [-0.25, -0.2) is 4.79 Å². The second-order valence-corrected chi connectivity index (χ2v) is 14.4. The van der Waals surface area contributed by atoms with E-state index in [-0.39, 0.29) is 29.9 Å². The minimum Gasteiger partial charge on any atom is -0.445 e. The minimum atomic E-state index is -0.222. The summed E-state index contributed by atoms with van der Waals surface area (Å²) in [6, 6.07) is 10.1. The first-order valence-electron chi connectivity index (χ1n) is 15.8. The quantitative estimate of drug-likeness (QED) is 0.421. The second-order valence-electron chi connectivity index (χ2n) is 14.4. The number of carbonyl (C=O) groups excluding carboxylic acids is 1. The first kappa shape index (κ1) is 26.1. The van der Waals surface area contributed by atoms with Gasteiger partial charge in [0.1, 0.15) is 6.61 Å². The molecule has 10 atom stereocenters. The zero-order valence-corrected chi connectivity index (χ0v) is 24.1. The van der Waals surface area contributed by atoms with Gasteiger partial charge in [-0.15, -0.1) is 0 Å². The summed E-state index contributed by atoms with van der Waals surface area (Å²) in [5.41, 5.74) is 4.38. The SMILES string of the molecule is CC1=C2CC3C(CCC4CC(O)CCC43C)C2CC[C@@]12C[C@H]1C(CC(C)CN1C(=O)OCc1ccccc1)O2. The van der Waals surface area contributed by atoms with Gasteiger partial charge in [-0.2, -0.15) is 0 Å². The zero-order valence-electron chi connectivity index (χ0n) is 24.1. The van der Waals surface area contributed by atoms with Gasteiger partial charge in [-0.3, -0.25) is 0 Å². The van der Waals surface area contributed by atoms with Crippen molar-refractivity contribution < 1.29 is 19.4 Å². The molecule has 5 fully saturated rings. The number of hydrogen-bond acceptors (Lipinski definition) is 4. The van der Waals surface area contributed by atoms with Crippen molar-refractivity contribution in [2.24, 2.45) is 35.0 Å². The molecule has 7 rings (SSSR count). The van der Waals surface area contributed by atoms with Gasteiger partial charge in [-0.1, -0.05) is 49.8 Å². The van der Waals surface area contributed by atoms with Crippen molar-refractivity contribution in [1.29, 1.82) is 0 Å². The average Bonchev–Trinajstić information content (AvgIpc) is 3.50. The molecule has 5 heteroatoms. The number of ether oxygens (including phenoxy) is 2. The maximum absolute atomic E-state index is 13.4. The van der Waals surface area contributed by atoms with E-state index in [1.807, 2.05) is 35.2 Å². The van der Waals surface area contributed by atoms with Crippen molar-refractivity contribution in [2.75, 3.05) is 6.54 Å². The van der Waals surface area contributed by atoms with Crippen LogP contribution in [0.5, 0.6) is 0 Å². The zero-order chi connectivity index (χ0) is 26.9. The third-order valence-electron chi connectivity index (χ3n) is 12.5. The predicted octanol–water partition coefficient (Wildman–Crippen LogP) is 6.89. The van der Waals surface area contributed by atoms with Gasteiger partial charge in [0.2, 0.25) is 0 Å². The van der Waals surface area contributed by atoms with Crippen molar-refractivity contribution in [3.8, 4) is 0 Å². The topological polar surface area (TPSA) is 59.0 Å². The van der Waals surface area contributed by atoms with E-state index in [9.17, 15) is 9.90 Å². The Morgan fingerprint density at radius 2 is 1.95 bits per heavy atom. The van der Waals surface area contributed by atoms with Crippen LogP contribution in [0.25, 0.3) is 0 Å². The molecule has 1 aromatic carbocycles. The lowest BCUT2D eigenvalue weighted by Gasteiger charge is -2.53. The Morgan fingerprint density at radius 3 is 2.77 bits per heavy atom. The molecule has 1 N–H and O–H groups in total. The predicted molar refractivity (Wildman–Crippen MR) is 151 cm³/mol. The maximum Gasteiger partial charge on any atom is 0.410 e. The average molecular weight is 534 g/mol. The molecule has 0 radical (unpaired) electrons. The highest BCUT2D eigenvalue weighted by Gasteiger charge is 2.60. The van der Waals surface area contributed by atoms with E-state index in [1.165, 1.54) is 37.7 Å². The van der Waals surface area contributed by atoms with Crippen LogP contribution in [0.4, 0.5) is 4.79 Å². The summed E-state index contributed by atoms with van der Waals surface area (Å²) < 4.78 is 12.9. The van der Waals surface area contributed by atoms with Gasteiger partial charge in [-0.05, 0) is 111 Å². The molecule has 1 aromatic rings. The molecule has 3 saturated carbocycles. The molecule has 8 unspecified atom stereocenters. The molecule has 0 aromatic heterocycles. The number of allylic oxidation sites excluding steroid dienone is 1. The fraction of sp³-hybridized carbons (Fsp3) is 0.735. The normalized spacial score (nSPS) is 45.0. The number of carbonyl (C=O) groups is 1. The van der Waals surface area contributed by atoms with Gasteiger partial charge in [0, 0.05) is 13.0 Å². The van der Waals surface area contributed by atoms with Crippen LogP contribution in [0.3, 0.4) is 0 Å². The Balaban J connectivity index is 1.12. The molecule has 0 bridgehead atoms. The summed E-state index contributed by atoms with van der Waals surface area (Å²) >= 11 is 0. The smallest absolute Gasteiger partial charge is 0.410 e. The van der Waals surface area contributed by atoms with Crippen LogP contribution in [-0.2, 0) is 16.1 Å². The molecule has 4 aliphatic carbocycles. The monoisotopic (exact) mass is 533 g/mol. The highest BCUT2D eigenvalue weighted by molar-refractivity contribution is 5.68. The second kappa shape index (κ2) is 9.62. The molecule has 212 valence electrons. The maximum atomic E-state index is 13.4. The van der Waals surface area contributed by atoms with Crippen LogP contribution in [0.2, 0.25) is 0 Å². The first-order valence-corrected chi connectivity index (χ1v) is 15.8. The number of aliphatic hydroxyl groups excluding tert-OH is 1. The van der Waals surface area contributed by atoms with Crippen LogP contribution in [0.15, 0.2) is 41.5 Å². The van der Waals surface area contributed by atoms with E-state index in [0.717, 1.165) is 56.0 Å². The number of rotatable bonds is 2. The van der Waals surface area contributed by atoms with Crippen LogP contribution in [0, 0.1) is 35.0 Å². The van der Waals surface area contributed by atoms with Crippen molar-refractivity contribution in [3.63, 3.8) is 0 Å². The van der Waals surface area contributed by atoms with Gasteiger partial charge in [0.15, 0.2) is 0 Å². The van der Waals surface area contributed by atoms with Gasteiger partial charge in [0.05, 0.1) is 23.9 Å². The lowest BCUT2D eigenvalue weighted by Crippen LogP contribution is -2.51. The summed E-state index contributed by atoms with van der Waals surface area (Å²) in [5.74, 6) is 3.35. The van der Waals surface area contributed by atoms with Gasteiger partial charge >= 0.3 is 6.09 Å². The van der Waals surface area contributed by atoms with Gasteiger partial charge < -0.3 is 19.5 Å². The molecule has 6 aliphatic rings. The molecule has 39 heavy (non-hydrogen) atoms. The van der Waals surface area contributed by atoms with Crippen LogP contribution in [-0.4, -0.2) is 46.5 Å². The fourth-order valence-electron chi connectivity index (χ4n) is 10.4. The molecule has 5 nitrogen and oxygen atoms in total. The fourth-order valence-corrected chi connectivity index (χ4v) is 10.4. The number of amides is 1. The number of likely N-dealkylation sites (tertiary alicyclic amines) is 1. The molecule has 2 heterocycles. The van der Waals surface area contributed by atoms with E-state index < -0.39 is 0 Å². The van der Waals surface area contributed by atoms with E-state index in [4.69, 9.17) is 9.47 Å². The number of benzene rings is 1. The minimum absolute atomic E-state index is 0.0903. The van der Waals surface area contributed by atoms with Crippen molar-refractivity contribution in [2.45, 2.75) is 115 Å². The Labute approximate surface area is 234 Å². The van der Waals surface area contributed by atoms with Crippen LogP contribution in [0.1, 0.15) is 90.5 Å². The third-order valence-corrected chi connectivity index (χ3v) is 12.5. The van der Waals surface area contributed by atoms with E-state index >= 15 is 0 Å². The number of nitrogens with zero attached hydrogens (tertiary/aromatic N) is 1. The van der Waals surface area contributed by atoms with E-state index in [0.29, 0.717) is 29.8 Å². The van der Waals surface area contributed by atoms with Gasteiger partial charge in [0.25, 0.3) is 0 Å². The Kier molecular flexibility index (Phi) is 6.43. The molecule has 1 spiro atoms. The number of aliphatic hydroxyl groups is 1. The molecular formula is C34H47NO4. The summed E-state index contributed by atoms with van der Waals surface area (Å²) in [5, 5.41) is 10.4.